The van der Waals surface area contributed by atoms with Crippen LogP contribution in [-0.2, 0) is 22.0 Å². The molecule has 34 heavy (non-hydrogen) atoms. The van der Waals surface area contributed by atoms with Crippen LogP contribution in [0.5, 0.6) is 0 Å². The minimum absolute atomic E-state index is 0.0378. The Kier molecular flexibility index (Phi) is 6.60. The molecule has 1 fully saturated rings. The van der Waals surface area contributed by atoms with Crippen molar-refractivity contribution in [1.82, 2.24) is 8.87 Å². The van der Waals surface area contributed by atoms with E-state index in [0.717, 1.165) is 24.0 Å². The molecule has 0 atom stereocenters. The van der Waals surface area contributed by atoms with Gasteiger partial charge in [-0.25, -0.2) is 8.42 Å². The SMILES string of the molecule is CC(C)(C)c1ccc(-c2ccc(C(=O)Cn3cc(S(=O)(=O)N4CCCC4)ccc3=O)cc2)cc1. The number of ketones is 1. The second-order valence-electron chi connectivity index (χ2n) is 9.77. The van der Waals surface area contributed by atoms with Crippen LogP contribution in [-0.4, -0.2) is 36.2 Å². The second-order valence-corrected chi connectivity index (χ2v) is 11.7. The van der Waals surface area contributed by atoms with Gasteiger partial charge in [-0.3, -0.25) is 9.59 Å². The zero-order valence-corrected chi connectivity index (χ0v) is 20.6. The maximum absolute atomic E-state index is 12.9. The lowest BCUT2D eigenvalue weighted by Crippen LogP contribution is -2.30. The number of hydrogen-bond acceptors (Lipinski definition) is 4. The number of carbonyl (C=O) groups excluding carboxylic acids is 1. The zero-order chi connectivity index (χ0) is 24.5. The minimum Gasteiger partial charge on any atom is -0.306 e. The fraction of sp³-hybridized carbons (Fsp3) is 0.333. The van der Waals surface area contributed by atoms with Crippen molar-refractivity contribution in [2.75, 3.05) is 13.1 Å². The van der Waals surface area contributed by atoms with Gasteiger partial charge in [-0.05, 0) is 41.0 Å². The summed E-state index contributed by atoms with van der Waals surface area (Å²) in [5.74, 6) is -0.257. The molecule has 0 saturated carbocycles. The predicted octanol–water partition coefficient (Wildman–Crippen LogP) is 4.48. The van der Waals surface area contributed by atoms with Gasteiger partial charge in [0.2, 0.25) is 10.0 Å². The lowest BCUT2D eigenvalue weighted by molar-refractivity contribution is 0.0970. The van der Waals surface area contributed by atoms with Crippen molar-refractivity contribution in [3.63, 3.8) is 0 Å². The largest absolute Gasteiger partial charge is 0.306 e. The fourth-order valence-corrected chi connectivity index (χ4v) is 5.66. The van der Waals surface area contributed by atoms with Crippen molar-refractivity contribution in [1.29, 1.82) is 0 Å². The van der Waals surface area contributed by atoms with Crippen LogP contribution >= 0.6 is 0 Å². The van der Waals surface area contributed by atoms with Crippen LogP contribution < -0.4 is 5.56 Å². The molecule has 0 radical (unpaired) electrons. The summed E-state index contributed by atoms with van der Waals surface area (Å²) in [6.45, 7) is 7.25. The number of hydrogen-bond donors (Lipinski definition) is 0. The van der Waals surface area contributed by atoms with Gasteiger partial charge in [0.1, 0.15) is 0 Å². The molecule has 4 rings (SSSR count). The molecule has 0 amide bonds. The molecule has 1 aromatic heterocycles. The van der Waals surface area contributed by atoms with Gasteiger partial charge >= 0.3 is 0 Å². The molecule has 1 aliphatic rings. The third-order valence-corrected chi connectivity index (χ3v) is 8.15. The van der Waals surface area contributed by atoms with Gasteiger partial charge in [-0.15, -0.1) is 0 Å². The Morgan fingerprint density at radius 3 is 1.97 bits per heavy atom. The van der Waals surface area contributed by atoms with Gasteiger partial charge < -0.3 is 4.57 Å². The first-order valence-corrected chi connectivity index (χ1v) is 12.9. The van der Waals surface area contributed by atoms with Crippen LogP contribution in [0.25, 0.3) is 11.1 Å². The summed E-state index contributed by atoms with van der Waals surface area (Å²) in [7, 11) is -3.66. The minimum atomic E-state index is -3.66. The Morgan fingerprint density at radius 1 is 0.853 bits per heavy atom. The van der Waals surface area contributed by atoms with Crippen molar-refractivity contribution < 1.29 is 13.2 Å². The van der Waals surface area contributed by atoms with E-state index in [4.69, 9.17) is 0 Å². The number of rotatable bonds is 6. The molecule has 0 aliphatic carbocycles. The maximum Gasteiger partial charge on any atom is 0.251 e. The Morgan fingerprint density at radius 2 is 1.41 bits per heavy atom. The van der Waals surface area contributed by atoms with Crippen LogP contribution in [0.3, 0.4) is 0 Å². The number of nitrogens with zero attached hydrogens (tertiary/aromatic N) is 2. The van der Waals surface area contributed by atoms with Gasteiger partial charge in [0.05, 0.1) is 11.4 Å². The summed E-state index contributed by atoms with van der Waals surface area (Å²) in [6, 6.07) is 18.2. The quantitative estimate of drug-likeness (QED) is 0.490. The smallest absolute Gasteiger partial charge is 0.251 e. The average Bonchev–Trinajstić information content (AvgIpc) is 3.36. The third kappa shape index (κ3) is 5.05. The number of pyridine rings is 1. The lowest BCUT2D eigenvalue weighted by atomic mass is 9.86. The Bertz CT molecular complexity index is 1340. The highest BCUT2D eigenvalue weighted by Crippen LogP contribution is 2.26. The number of sulfonamides is 1. The highest BCUT2D eigenvalue weighted by molar-refractivity contribution is 7.89. The van der Waals surface area contributed by atoms with E-state index in [1.54, 1.807) is 12.1 Å². The molecule has 2 aromatic carbocycles. The Balaban J connectivity index is 1.51. The molecule has 178 valence electrons. The monoisotopic (exact) mass is 478 g/mol. The summed E-state index contributed by atoms with van der Waals surface area (Å²) >= 11 is 0. The van der Waals surface area contributed by atoms with Gasteiger partial charge in [0.15, 0.2) is 5.78 Å². The average molecular weight is 479 g/mol. The summed E-state index contributed by atoms with van der Waals surface area (Å²) in [5.41, 5.74) is 3.44. The highest BCUT2D eigenvalue weighted by atomic mass is 32.2. The van der Waals surface area contributed by atoms with E-state index in [1.807, 2.05) is 12.1 Å². The van der Waals surface area contributed by atoms with Gasteiger partial charge in [0.25, 0.3) is 5.56 Å². The van der Waals surface area contributed by atoms with Crippen molar-refractivity contribution in [2.45, 2.75) is 50.5 Å². The molecular formula is C27H30N2O4S. The van der Waals surface area contributed by atoms with E-state index in [0.29, 0.717) is 18.7 Å². The summed E-state index contributed by atoms with van der Waals surface area (Å²) < 4.78 is 28.2. The van der Waals surface area contributed by atoms with Crippen molar-refractivity contribution in [3.05, 3.63) is 88.3 Å². The Hall–Kier alpha value is -3.03. The third-order valence-electron chi connectivity index (χ3n) is 6.26. The van der Waals surface area contributed by atoms with Crippen LogP contribution in [0.1, 0.15) is 49.5 Å². The number of aromatic nitrogens is 1. The molecule has 6 nitrogen and oxygen atoms in total. The molecule has 7 heteroatoms. The zero-order valence-electron chi connectivity index (χ0n) is 19.8. The topological polar surface area (TPSA) is 76.5 Å². The standard InChI is InChI=1S/C27H30N2O4S/c1-27(2,3)23-12-10-21(11-13-23)20-6-8-22(9-7-20)25(30)19-28-18-24(14-15-26(28)31)34(32,33)29-16-4-5-17-29/h6-15,18H,4-5,16-17,19H2,1-3H3. The van der Waals surface area contributed by atoms with Crippen molar-refractivity contribution in [3.8, 4) is 11.1 Å². The maximum atomic E-state index is 12.9. The molecule has 0 bridgehead atoms. The molecule has 1 saturated heterocycles. The highest BCUT2D eigenvalue weighted by Gasteiger charge is 2.27. The summed E-state index contributed by atoms with van der Waals surface area (Å²) in [5, 5.41) is 0. The van der Waals surface area contributed by atoms with E-state index < -0.39 is 15.6 Å². The van der Waals surface area contributed by atoms with Gasteiger partial charge in [-0.2, -0.15) is 4.31 Å². The van der Waals surface area contributed by atoms with E-state index in [9.17, 15) is 18.0 Å². The second kappa shape index (κ2) is 9.31. The molecule has 0 N–H and O–H groups in total. The van der Waals surface area contributed by atoms with E-state index >= 15 is 0 Å². The summed E-state index contributed by atoms with van der Waals surface area (Å²) in [6.07, 6.45) is 2.93. The molecule has 0 unspecified atom stereocenters. The normalized spacial score (nSPS) is 14.9. The first kappa shape index (κ1) is 24.1. The number of Topliss-reactive ketones (excluding diaryl/α,β-unsaturated/α-hetero) is 1. The molecule has 2 heterocycles. The predicted molar refractivity (Wildman–Crippen MR) is 134 cm³/mol. The van der Waals surface area contributed by atoms with Crippen LogP contribution in [0.4, 0.5) is 0 Å². The van der Waals surface area contributed by atoms with E-state index in [2.05, 4.69) is 45.0 Å². The van der Waals surface area contributed by atoms with Gasteiger partial charge in [-0.1, -0.05) is 69.3 Å². The molecule has 1 aliphatic heterocycles. The van der Waals surface area contributed by atoms with Crippen LogP contribution in [0, 0.1) is 0 Å². The summed E-state index contributed by atoms with van der Waals surface area (Å²) in [4.78, 5) is 25.2. The van der Waals surface area contributed by atoms with Crippen LogP contribution in [0.15, 0.2) is 76.6 Å². The molecular weight excluding hydrogens is 448 g/mol. The number of carbonyl (C=O) groups is 1. The van der Waals surface area contributed by atoms with E-state index in [-0.39, 0.29) is 22.6 Å². The van der Waals surface area contributed by atoms with Crippen molar-refractivity contribution >= 4 is 15.8 Å². The molecule has 0 spiro atoms. The Labute approximate surface area is 200 Å². The van der Waals surface area contributed by atoms with Crippen molar-refractivity contribution in [2.24, 2.45) is 0 Å². The molecule has 3 aromatic rings. The number of benzene rings is 2. The lowest BCUT2D eigenvalue weighted by Gasteiger charge is -2.19. The van der Waals surface area contributed by atoms with Crippen LogP contribution in [0.2, 0.25) is 0 Å². The fourth-order valence-electron chi connectivity index (χ4n) is 4.12. The van der Waals surface area contributed by atoms with Gasteiger partial charge in [0, 0.05) is 30.9 Å². The first-order valence-electron chi connectivity index (χ1n) is 11.5. The van der Waals surface area contributed by atoms with E-state index in [1.165, 1.54) is 32.8 Å². The first-order chi connectivity index (χ1) is 16.1.